The lowest BCUT2D eigenvalue weighted by molar-refractivity contribution is 0.666. The molecule has 2 N–H and O–H groups in total. The fraction of sp³-hybridized carbons (Fsp3) is 0.0667. The number of pyridine rings is 1. The van der Waals surface area contributed by atoms with Crippen molar-refractivity contribution >= 4 is 43.9 Å². The summed E-state index contributed by atoms with van der Waals surface area (Å²) in [4.78, 5) is 9.51. The van der Waals surface area contributed by atoms with Crippen LogP contribution in [0.15, 0.2) is 218 Å². The molecule has 1 aliphatic rings. The molecular weight excluding hydrogens is 763 g/mol. The molecule has 3 heteroatoms. The van der Waals surface area contributed by atoms with E-state index in [1.54, 1.807) is 6.20 Å². The van der Waals surface area contributed by atoms with Gasteiger partial charge in [0.2, 0.25) is 0 Å². The molecule has 1 heterocycles. The highest BCUT2D eigenvalue weighted by molar-refractivity contribution is 6.12. The summed E-state index contributed by atoms with van der Waals surface area (Å²) >= 11 is 0. The van der Waals surface area contributed by atoms with Gasteiger partial charge in [0.25, 0.3) is 0 Å². The number of benzene rings is 9. The quantitative estimate of drug-likeness (QED) is 0.123. The van der Waals surface area contributed by atoms with Crippen LogP contribution in [0.1, 0.15) is 41.7 Å². The van der Waals surface area contributed by atoms with Gasteiger partial charge in [-0.3, -0.25) is 4.98 Å². The summed E-state index contributed by atoms with van der Waals surface area (Å²) in [6, 6.07) is 69.9. The zero-order valence-corrected chi connectivity index (χ0v) is 35.4. The monoisotopic (exact) mass is 807 g/mol. The van der Waals surface area contributed by atoms with Gasteiger partial charge in [-0.1, -0.05) is 202 Å². The van der Waals surface area contributed by atoms with Crippen LogP contribution < -0.4 is 5.73 Å². The zero-order chi connectivity index (χ0) is 42.5. The first-order valence-electron chi connectivity index (χ1n) is 21.7. The Kier molecular flexibility index (Phi) is 9.39. The summed E-state index contributed by atoms with van der Waals surface area (Å²) < 4.78 is 0. The number of rotatable bonds is 8. The van der Waals surface area contributed by atoms with E-state index in [9.17, 15) is 0 Å². The molecule has 0 unspecified atom stereocenters. The molecule has 0 bridgehead atoms. The second-order valence-electron chi connectivity index (χ2n) is 17.1. The van der Waals surface area contributed by atoms with E-state index in [4.69, 9.17) is 10.7 Å². The number of aliphatic imine (C=N–C) groups is 1. The maximum Gasteiger partial charge on any atom is 0.131 e. The molecular formula is C60H45N3. The van der Waals surface area contributed by atoms with E-state index < -0.39 is 0 Å². The smallest absolute Gasteiger partial charge is 0.131 e. The predicted octanol–water partition coefficient (Wildman–Crippen LogP) is 14.8. The van der Waals surface area contributed by atoms with E-state index in [0.717, 1.165) is 38.7 Å². The van der Waals surface area contributed by atoms with Crippen LogP contribution in [0.2, 0.25) is 0 Å². The van der Waals surface area contributed by atoms with Gasteiger partial charge >= 0.3 is 0 Å². The Morgan fingerprint density at radius 2 is 1.16 bits per heavy atom. The van der Waals surface area contributed by atoms with Gasteiger partial charge in [-0.15, -0.1) is 0 Å². The Hall–Kier alpha value is -7.88. The number of hydrogen-bond donors (Lipinski definition) is 1. The molecule has 10 aromatic rings. The minimum absolute atomic E-state index is 0.134. The number of nitrogens with two attached hydrogens (primary N) is 1. The minimum Gasteiger partial charge on any atom is -0.383 e. The van der Waals surface area contributed by atoms with E-state index in [1.165, 1.54) is 71.6 Å². The lowest BCUT2D eigenvalue weighted by atomic mass is 9.79. The van der Waals surface area contributed by atoms with Crippen LogP contribution in [0.3, 0.4) is 0 Å². The third kappa shape index (κ3) is 6.70. The van der Waals surface area contributed by atoms with Crippen LogP contribution in [0.4, 0.5) is 0 Å². The Bertz CT molecular complexity index is 3450. The van der Waals surface area contributed by atoms with Crippen molar-refractivity contribution in [3.8, 4) is 44.5 Å². The van der Waals surface area contributed by atoms with Crippen LogP contribution in [0.25, 0.3) is 82.5 Å². The first kappa shape index (κ1) is 38.1. The molecule has 0 atom stereocenters. The molecule has 0 saturated carbocycles. The summed E-state index contributed by atoms with van der Waals surface area (Å²) in [6.07, 6.45) is 6.60. The molecule has 1 aromatic heterocycles. The fourth-order valence-corrected chi connectivity index (χ4v) is 9.96. The Morgan fingerprint density at radius 1 is 0.524 bits per heavy atom. The molecule has 11 rings (SSSR count). The van der Waals surface area contributed by atoms with E-state index in [-0.39, 0.29) is 5.41 Å². The Morgan fingerprint density at radius 3 is 1.94 bits per heavy atom. The standard InChI is InChI=1S/C60H45N3/c1-60(2)56-37-43(27-28-53(56)55-29-26-40-15-6-7-20-46(40)58(55)60)45-30-31-51(48-22-9-8-21-47(45)48)52-32-33-54(50-24-11-10-23-49(50)52)57(63-59(61)41-16-4-3-5-17-41)34-25-39-14-12-18-42(36-39)44-19-13-35-62-38-44/h3-24,26-38H,25H2,1-2H3,(H2,61,63)/b57-34-. The molecule has 3 nitrogen and oxygen atoms in total. The van der Waals surface area contributed by atoms with Crippen molar-refractivity contribution in [2.75, 3.05) is 0 Å². The second kappa shape index (κ2) is 15.5. The molecule has 300 valence electrons. The van der Waals surface area contributed by atoms with Gasteiger partial charge < -0.3 is 5.73 Å². The highest BCUT2D eigenvalue weighted by Gasteiger charge is 2.37. The van der Waals surface area contributed by atoms with Crippen LogP contribution in [-0.2, 0) is 11.8 Å². The highest BCUT2D eigenvalue weighted by Crippen LogP contribution is 2.52. The number of allylic oxidation sites excluding steroid dienone is 1. The first-order chi connectivity index (χ1) is 30.9. The largest absolute Gasteiger partial charge is 0.383 e. The van der Waals surface area contributed by atoms with E-state index >= 15 is 0 Å². The van der Waals surface area contributed by atoms with Crippen LogP contribution >= 0.6 is 0 Å². The molecule has 0 aliphatic heterocycles. The molecule has 0 spiro atoms. The van der Waals surface area contributed by atoms with Gasteiger partial charge in [-0.25, -0.2) is 4.99 Å². The van der Waals surface area contributed by atoms with Crippen molar-refractivity contribution in [2.45, 2.75) is 25.7 Å². The van der Waals surface area contributed by atoms with Crippen molar-refractivity contribution in [2.24, 2.45) is 10.7 Å². The molecule has 0 fully saturated rings. The molecule has 0 radical (unpaired) electrons. The third-order valence-corrected chi connectivity index (χ3v) is 13.0. The highest BCUT2D eigenvalue weighted by atomic mass is 14.9. The molecule has 9 aromatic carbocycles. The van der Waals surface area contributed by atoms with Gasteiger partial charge in [0.05, 0.1) is 5.70 Å². The SMILES string of the molecule is CC1(C)c2cc(-c3ccc(-c4ccc(/C(=C/Cc5cccc(-c6cccnc6)c5)N=C(N)c5ccccc5)c5ccccc45)c4ccccc34)ccc2-c2ccc3ccccc3c21. The van der Waals surface area contributed by atoms with Gasteiger partial charge in [-0.2, -0.15) is 0 Å². The maximum atomic E-state index is 6.78. The van der Waals surface area contributed by atoms with Gasteiger partial charge in [0.15, 0.2) is 0 Å². The average molecular weight is 808 g/mol. The van der Waals surface area contributed by atoms with Crippen molar-refractivity contribution in [1.29, 1.82) is 0 Å². The molecule has 0 saturated heterocycles. The summed E-state index contributed by atoms with van der Waals surface area (Å²) in [7, 11) is 0. The van der Waals surface area contributed by atoms with Crippen molar-refractivity contribution in [3.05, 3.63) is 240 Å². The number of amidine groups is 1. The number of hydrogen-bond acceptors (Lipinski definition) is 2. The summed E-state index contributed by atoms with van der Waals surface area (Å²) in [5, 5.41) is 7.37. The Balaban J connectivity index is 1.01. The van der Waals surface area contributed by atoms with Gasteiger partial charge in [-0.05, 0) is 112 Å². The molecule has 63 heavy (non-hydrogen) atoms. The second-order valence-corrected chi connectivity index (χ2v) is 17.1. The van der Waals surface area contributed by atoms with Crippen molar-refractivity contribution < 1.29 is 0 Å². The van der Waals surface area contributed by atoms with Gasteiger partial charge in [0.1, 0.15) is 5.84 Å². The number of nitrogens with zero attached hydrogens (tertiary/aromatic N) is 2. The van der Waals surface area contributed by atoms with Gasteiger partial charge in [0, 0.05) is 28.9 Å². The number of fused-ring (bicyclic) bond motifs is 7. The molecule has 0 amide bonds. The molecule has 1 aliphatic carbocycles. The normalized spacial score (nSPS) is 13.4. The Labute approximate surface area is 368 Å². The predicted molar refractivity (Wildman–Crippen MR) is 266 cm³/mol. The van der Waals surface area contributed by atoms with Crippen molar-refractivity contribution in [1.82, 2.24) is 4.98 Å². The van der Waals surface area contributed by atoms with E-state index in [1.807, 2.05) is 42.6 Å². The maximum absolute atomic E-state index is 6.78. The van der Waals surface area contributed by atoms with Crippen LogP contribution in [0, 0.1) is 0 Å². The van der Waals surface area contributed by atoms with Crippen LogP contribution in [0.5, 0.6) is 0 Å². The van der Waals surface area contributed by atoms with Crippen molar-refractivity contribution in [3.63, 3.8) is 0 Å². The summed E-state index contributed by atoms with van der Waals surface area (Å²) in [5.74, 6) is 0.480. The first-order valence-corrected chi connectivity index (χ1v) is 21.7. The fourth-order valence-electron chi connectivity index (χ4n) is 9.96. The lowest BCUT2D eigenvalue weighted by Gasteiger charge is -2.24. The van der Waals surface area contributed by atoms with E-state index in [0.29, 0.717) is 12.3 Å². The lowest BCUT2D eigenvalue weighted by Crippen LogP contribution is -2.15. The number of aromatic nitrogens is 1. The topological polar surface area (TPSA) is 51.3 Å². The summed E-state index contributed by atoms with van der Waals surface area (Å²) in [5.41, 5.74) is 23.1. The summed E-state index contributed by atoms with van der Waals surface area (Å²) in [6.45, 7) is 4.76. The zero-order valence-electron chi connectivity index (χ0n) is 35.4. The van der Waals surface area contributed by atoms with E-state index in [2.05, 4.69) is 183 Å². The van der Waals surface area contributed by atoms with Crippen LogP contribution in [-0.4, -0.2) is 10.8 Å². The average Bonchev–Trinajstić information content (AvgIpc) is 3.58. The third-order valence-electron chi connectivity index (χ3n) is 13.0. The minimum atomic E-state index is -0.134.